The van der Waals surface area contributed by atoms with Crippen molar-refractivity contribution in [1.29, 1.82) is 0 Å². The maximum atomic E-state index is 11.6. The van der Waals surface area contributed by atoms with Gasteiger partial charge in [0.15, 0.2) is 0 Å². The van der Waals surface area contributed by atoms with E-state index in [-0.39, 0.29) is 5.91 Å². The lowest BCUT2D eigenvalue weighted by molar-refractivity contribution is 0.0954. The maximum Gasteiger partial charge on any atom is 0.252 e. The number of hydrogen-bond acceptors (Lipinski definition) is 3. The average molecular weight is 236 g/mol. The number of rotatable bonds is 4. The highest BCUT2D eigenvalue weighted by atomic mass is 32.1. The SMILES string of the molecule is O=C(NCCC1=CCNCC1)c1ccsc1. The minimum absolute atomic E-state index is 0.0378. The van der Waals surface area contributed by atoms with Gasteiger partial charge in [-0.3, -0.25) is 4.79 Å². The van der Waals surface area contributed by atoms with Crippen molar-refractivity contribution in [2.75, 3.05) is 19.6 Å². The number of carbonyl (C=O) groups excluding carboxylic acids is 1. The van der Waals surface area contributed by atoms with Crippen LogP contribution in [0, 0.1) is 0 Å². The van der Waals surface area contributed by atoms with Gasteiger partial charge in [0, 0.05) is 24.0 Å². The lowest BCUT2D eigenvalue weighted by atomic mass is 10.1. The Bertz CT molecular complexity index is 370. The van der Waals surface area contributed by atoms with Gasteiger partial charge in [0.05, 0.1) is 0 Å². The van der Waals surface area contributed by atoms with Crippen molar-refractivity contribution in [2.45, 2.75) is 12.8 Å². The van der Waals surface area contributed by atoms with Crippen LogP contribution in [-0.4, -0.2) is 25.5 Å². The fourth-order valence-electron chi connectivity index (χ4n) is 1.73. The largest absolute Gasteiger partial charge is 0.352 e. The summed E-state index contributed by atoms with van der Waals surface area (Å²) in [5.41, 5.74) is 2.22. The number of thiophene rings is 1. The summed E-state index contributed by atoms with van der Waals surface area (Å²) in [6.07, 6.45) is 4.30. The lowest BCUT2D eigenvalue weighted by Gasteiger charge is -2.13. The molecule has 2 heterocycles. The molecule has 3 nitrogen and oxygen atoms in total. The van der Waals surface area contributed by atoms with Crippen LogP contribution in [0.3, 0.4) is 0 Å². The van der Waals surface area contributed by atoms with Crippen molar-refractivity contribution in [3.8, 4) is 0 Å². The summed E-state index contributed by atoms with van der Waals surface area (Å²) in [4.78, 5) is 11.6. The first-order valence-electron chi connectivity index (χ1n) is 5.55. The number of amides is 1. The molecule has 0 spiro atoms. The molecule has 0 atom stereocenters. The van der Waals surface area contributed by atoms with E-state index in [1.807, 2.05) is 16.8 Å². The van der Waals surface area contributed by atoms with Crippen molar-refractivity contribution < 1.29 is 4.79 Å². The summed E-state index contributed by atoms with van der Waals surface area (Å²) in [6, 6.07) is 1.85. The van der Waals surface area contributed by atoms with E-state index in [0.29, 0.717) is 0 Å². The predicted octanol–water partition coefficient (Wildman–Crippen LogP) is 1.79. The minimum atomic E-state index is 0.0378. The molecule has 0 aromatic carbocycles. The van der Waals surface area contributed by atoms with Gasteiger partial charge in [-0.05, 0) is 30.8 Å². The summed E-state index contributed by atoms with van der Waals surface area (Å²) in [5, 5.41) is 10.0. The van der Waals surface area contributed by atoms with E-state index >= 15 is 0 Å². The second kappa shape index (κ2) is 5.82. The van der Waals surface area contributed by atoms with E-state index in [4.69, 9.17) is 0 Å². The van der Waals surface area contributed by atoms with Crippen LogP contribution in [0.25, 0.3) is 0 Å². The first-order chi connectivity index (χ1) is 7.86. The summed E-state index contributed by atoms with van der Waals surface area (Å²) in [6.45, 7) is 2.76. The Kier molecular flexibility index (Phi) is 4.13. The molecule has 0 radical (unpaired) electrons. The van der Waals surface area contributed by atoms with Gasteiger partial charge in [-0.2, -0.15) is 11.3 Å². The predicted molar refractivity (Wildman–Crippen MR) is 66.8 cm³/mol. The molecule has 1 aliphatic rings. The van der Waals surface area contributed by atoms with E-state index in [9.17, 15) is 4.79 Å². The molecule has 0 fully saturated rings. The molecule has 16 heavy (non-hydrogen) atoms. The van der Waals surface area contributed by atoms with E-state index in [1.54, 1.807) is 11.3 Å². The van der Waals surface area contributed by atoms with Gasteiger partial charge in [0.1, 0.15) is 0 Å². The van der Waals surface area contributed by atoms with Crippen LogP contribution in [0.15, 0.2) is 28.5 Å². The summed E-state index contributed by atoms with van der Waals surface area (Å²) >= 11 is 1.55. The van der Waals surface area contributed by atoms with Crippen LogP contribution in [0.5, 0.6) is 0 Å². The Morgan fingerprint density at radius 2 is 2.50 bits per heavy atom. The molecule has 1 aliphatic heterocycles. The van der Waals surface area contributed by atoms with E-state index in [0.717, 1.165) is 38.0 Å². The zero-order valence-electron chi connectivity index (χ0n) is 9.16. The smallest absolute Gasteiger partial charge is 0.252 e. The van der Waals surface area contributed by atoms with E-state index in [2.05, 4.69) is 16.7 Å². The lowest BCUT2D eigenvalue weighted by Crippen LogP contribution is -2.26. The Morgan fingerprint density at radius 3 is 3.19 bits per heavy atom. The summed E-state index contributed by atoms with van der Waals surface area (Å²) < 4.78 is 0. The normalized spacial score (nSPS) is 15.6. The molecule has 2 rings (SSSR count). The zero-order valence-corrected chi connectivity index (χ0v) is 9.98. The van der Waals surface area contributed by atoms with Crippen molar-refractivity contribution in [3.63, 3.8) is 0 Å². The fourth-order valence-corrected chi connectivity index (χ4v) is 2.36. The molecule has 1 aromatic heterocycles. The van der Waals surface area contributed by atoms with E-state index in [1.165, 1.54) is 5.57 Å². The van der Waals surface area contributed by atoms with Crippen LogP contribution in [-0.2, 0) is 0 Å². The maximum absolute atomic E-state index is 11.6. The van der Waals surface area contributed by atoms with Gasteiger partial charge in [-0.1, -0.05) is 11.6 Å². The zero-order chi connectivity index (χ0) is 11.2. The highest BCUT2D eigenvalue weighted by molar-refractivity contribution is 7.08. The molecule has 2 N–H and O–H groups in total. The molecule has 1 aromatic rings. The van der Waals surface area contributed by atoms with Crippen molar-refractivity contribution in [2.24, 2.45) is 0 Å². The molecule has 1 amide bonds. The Labute approximate surface area is 99.6 Å². The third-order valence-corrected chi connectivity index (χ3v) is 3.36. The molecule has 86 valence electrons. The third-order valence-electron chi connectivity index (χ3n) is 2.67. The highest BCUT2D eigenvalue weighted by Crippen LogP contribution is 2.09. The van der Waals surface area contributed by atoms with Crippen molar-refractivity contribution >= 4 is 17.2 Å². The van der Waals surface area contributed by atoms with Gasteiger partial charge in [0.2, 0.25) is 0 Å². The first-order valence-corrected chi connectivity index (χ1v) is 6.49. The molecule has 0 aliphatic carbocycles. The minimum Gasteiger partial charge on any atom is -0.352 e. The Balaban J connectivity index is 1.72. The highest BCUT2D eigenvalue weighted by Gasteiger charge is 2.06. The van der Waals surface area contributed by atoms with Gasteiger partial charge in [0.25, 0.3) is 5.91 Å². The first kappa shape index (κ1) is 11.4. The molecular formula is C12H16N2OS. The summed E-state index contributed by atoms with van der Waals surface area (Å²) in [7, 11) is 0. The molecule has 4 heteroatoms. The van der Waals surface area contributed by atoms with Gasteiger partial charge in [-0.25, -0.2) is 0 Å². The number of hydrogen-bond donors (Lipinski definition) is 2. The van der Waals surface area contributed by atoms with Crippen molar-refractivity contribution in [3.05, 3.63) is 34.0 Å². The van der Waals surface area contributed by atoms with E-state index < -0.39 is 0 Å². The van der Waals surface area contributed by atoms with Crippen LogP contribution >= 0.6 is 11.3 Å². The van der Waals surface area contributed by atoms with Gasteiger partial charge >= 0.3 is 0 Å². The molecule has 0 saturated carbocycles. The average Bonchev–Trinajstić information content (AvgIpc) is 2.84. The third kappa shape index (κ3) is 3.18. The molecular weight excluding hydrogens is 220 g/mol. The number of carbonyl (C=O) groups is 1. The standard InChI is InChI=1S/C12H16N2OS/c15-12(11-4-8-16-9-11)14-7-3-10-1-5-13-6-2-10/h1,4,8-9,13H,2-3,5-7H2,(H,14,15). The molecule has 0 saturated heterocycles. The van der Waals surface area contributed by atoms with Gasteiger partial charge < -0.3 is 10.6 Å². The van der Waals surface area contributed by atoms with Crippen LogP contribution in [0.1, 0.15) is 23.2 Å². The summed E-state index contributed by atoms with van der Waals surface area (Å²) in [5.74, 6) is 0.0378. The van der Waals surface area contributed by atoms with Crippen LogP contribution in [0.2, 0.25) is 0 Å². The van der Waals surface area contributed by atoms with Gasteiger partial charge in [-0.15, -0.1) is 0 Å². The van der Waals surface area contributed by atoms with Crippen molar-refractivity contribution in [1.82, 2.24) is 10.6 Å². The Morgan fingerprint density at radius 1 is 1.56 bits per heavy atom. The second-order valence-corrected chi connectivity index (χ2v) is 4.61. The second-order valence-electron chi connectivity index (χ2n) is 3.83. The quantitative estimate of drug-likeness (QED) is 0.783. The van der Waals surface area contributed by atoms with Crippen LogP contribution in [0.4, 0.5) is 0 Å². The topological polar surface area (TPSA) is 41.1 Å². The fraction of sp³-hybridized carbons (Fsp3) is 0.417. The number of nitrogens with one attached hydrogen (secondary N) is 2. The monoisotopic (exact) mass is 236 g/mol. The molecule has 0 unspecified atom stereocenters. The van der Waals surface area contributed by atoms with Crippen LogP contribution < -0.4 is 10.6 Å². The molecule has 0 bridgehead atoms. The Hall–Kier alpha value is -1.13.